The summed E-state index contributed by atoms with van der Waals surface area (Å²) in [4.78, 5) is 11.0. The first-order chi connectivity index (χ1) is 6.17. The standard InChI is InChI=1S/C9H14N2O2/c1-4-7-5-8(11(2)10-7)6-9(12)13-3/h5H,4,6H2,1-3H3. The molecule has 4 nitrogen and oxygen atoms in total. The molecule has 13 heavy (non-hydrogen) atoms. The van der Waals surface area contributed by atoms with Crippen LogP contribution in [0.15, 0.2) is 6.07 Å². The highest BCUT2D eigenvalue weighted by molar-refractivity contribution is 5.71. The molecule has 0 aromatic carbocycles. The van der Waals surface area contributed by atoms with Crippen molar-refractivity contribution in [2.24, 2.45) is 7.05 Å². The fraction of sp³-hybridized carbons (Fsp3) is 0.556. The van der Waals surface area contributed by atoms with Gasteiger partial charge in [0.2, 0.25) is 0 Å². The van der Waals surface area contributed by atoms with E-state index in [1.807, 2.05) is 20.0 Å². The summed E-state index contributed by atoms with van der Waals surface area (Å²) in [5.74, 6) is -0.231. The normalized spacial score (nSPS) is 10.1. The SMILES string of the molecule is CCc1cc(CC(=O)OC)n(C)n1. The Hall–Kier alpha value is -1.32. The van der Waals surface area contributed by atoms with Crippen molar-refractivity contribution >= 4 is 5.97 Å². The lowest BCUT2D eigenvalue weighted by atomic mass is 10.2. The van der Waals surface area contributed by atoms with E-state index < -0.39 is 0 Å². The van der Waals surface area contributed by atoms with Gasteiger partial charge in [0.05, 0.1) is 19.2 Å². The van der Waals surface area contributed by atoms with Crippen LogP contribution < -0.4 is 0 Å². The number of carbonyl (C=O) groups is 1. The van der Waals surface area contributed by atoms with Crippen LogP contribution >= 0.6 is 0 Å². The van der Waals surface area contributed by atoms with Crippen LogP contribution in [0.4, 0.5) is 0 Å². The number of carbonyl (C=O) groups excluding carboxylic acids is 1. The van der Waals surface area contributed by atoms with E-state index in [2.05, 4.69) is 9.84 Å². The van der Waals surface area contributed by atoms with Crippen molar-refractivity contribution in [3.05, 3.63) is 17.5 Å². The first-order valence-corrected chi connectivity index (χ1v) is 4.26. The maximum Gasteiger partial charge on any atom is 0.311 e. The van der Waals surface area contributed by atoms with E-state index >= 15 is 0 Å². The van der Waals surface area contributed by atoms with E-state index in [9.17, 15) is 4.79 Å². The van der Waals surface area contributed by atoms with Crippen LogP contribution in [0.2, 0.25) is 0 Å². The summed E-state index contributed by atoms with van der Waals surface area (Å²) in [6.07, 6.45) is 1.18. The third kappa shape index (κ3) is 2.31. The molecule has 4 heteroatoms. The Balaban J connectivity index is 2.76. The second-order valence-corrected chi connectivity index (χ2v) is 2.86. The Labute approximate surface area is 77.5 Å². The number of aromatic nitrogens is 2. The summed E-state index contributed by atoms with van der Waals surface area (Å²) in [6.45, 7) is 2.03. The van der Waals surface area contributed by atoms with Gasteiger partial charge in [0, 0.05) is 12.7 Å². The average molecular weight is 182 g/mol. The molecule has 1 heterocycles. The third-order valence-electron chi connectivity index (χ3n) is 1.94. The van der Waals surface area contributed by atoms with Crippen LogP contribution in [-0.2, 0) is 29.4 Å². The maximum atomic E-state index is 11.0. The molecule has 0 saturated carbocycles. The zero-order chi connectivity index (χ0) is 9.84. The van der Waals surface area contributed by atoms with Crippen LogP contribution in [0.25, 0.3) is 0 Å². The lowest BCUT2D eigenvalue weighted by molar-refractivity contribution is -0.139. The highest BCUT2D eigenvalue weighted by Gasteiger charge is 2.08. The molecule has 0 spiro atoms. The lowest BCUT2D eigenvalue weighted by Gasteiger charge is -1.98. The van der Waals surface area contributed by atoms with Crippen LogP contribution in [0, 0.1) is 0 Å². The predicted molar refractivity (Wildman–Crippen MR) is 48.3 cm³/mol. The minimum absolute atomic E-state index is 0.231. The molecule has 0 saturated heterocycles. The Morgan fingerprint density at radius 2 is 2.38 bits per heavy atom. The van der Waals surface area contributed by atoms with Gasteiger partial charge in [0.25, 0.3) is 0 Å². The molecule has 0 amide bonds. The molecule has 0 aliphatic carbocycles. The Kier molecular flexibility index (Phi) is 3.06. The number of aryl methyl sites for hydroxylation is 2. The van der Waals surface area contributed by atoms with E-state index in [1.54, 1.807) is 4.68 Å². The van der Waals surface area contributed by atoms with Gasteiger partial charge >= 0.3 is 5.97 Å². The lowest BCUT2D eigenvalue weighted by Crippen LogP contribution is -2.08. The highest BCUT2D eigenvalue weighted by atomic mass is 16.5. The average Bonchev–Trinajstić information content (AvgIpc) is 2.47. The number of rotatable bonds is 3. The molecule has 72 valence electrons. The molecule has 0 aliphatic heterocycles. The van der Waals surface area contributed by atoms with E-state index in [-0.39, 0.29) is 5.97 Å². The summed E-state index contributed by atoms with van der Waals surface area (Å²) < 4.78 is 6.29. The van der Waals surface area contributed by atoms with E-state index in [0.29, 0.717) is 6.42 Å². The second kappa shape index (κ2) is 4.07. The monoisotopic (exact) mass is 182 g/mol. The number of esters is 1. The molecule has 0 N–H and O–H groups in total. The minimum Gasteiger partial charge on any atom is -0.469 e. The zero-order valence-electron chi connectivity index (χ0n) is 8.20. The minimum atomic E-state index is -0.231. The number of nitrogens with zero attached hydrogens (tertiary/aromatic N) is 2. The summed E-state index contributed by atoms with van der Waals surface area (Å²) in [5.41, 5.74) is 1.89. The van der Waals surface area contributed by atoms with Crippen molar-refractivity contribution in [2.75, 3.05) is 7.11 Å². The smallest absolute Gasteiger partial charge is 0.311 e. The van der Waals surface area contributed by atoms with Crippen molar-refractivity contribution < 1.29 is 9.53 Å². The molecule has 0 aliphatic rings. The molecule has 1 aromatic heterocycles. The summed E-state index contributed by atoms with van der Waals surface area (Å²) in [7, 11) is 3.22. The van der Waals surface area contributed by atoms with Crippen LogP contribution in [0.5, 0.6) is 0 Å². The number of hydrogen-bond donors (Lipinski definition) is 0. The van der Waals surface area contributed by atoms with Crippen molar-refractivity contribution in [1.82, 2.24) is 9.78 Å². The number of methoxy groups -OCH3 is 1. The fourth-order valence-electron chi connectivity index (χ4n) is 1.13. The van der Waals surface area contributed by atoms with Gasteiger partial charge in [0.15, 0.2) is 0 Å². The van der Waals surface area contributed by atoms with Gasteiger partial charge in [-0.1, -0.05) is 6.92 Å². The van der Waals surface area contributed by atoms with Gasteiger partial charge in [-0.15, -0.1) is 0 Å². The van der Waals surface area contributed by atoms with Crippen LogP contribution in [-0.4, -0.2) is 22.9 Å². The molecule has 0 unspecified atom stereocenters. The maximum absolute atomic E-state index is 11.0. The Morgan fingerprint density at radius 3 is 2.85 bits per heavy atom. The number of hydrogen-bond acceptors (Lipinski definition) is 3. The van der Waals surface area contributed by atoms with Gasteiger partial charge in [-0.3, -0.25) is 9.48 Å². The third-order valence-corrected chi connectivity index (χ3v) is 1.94. The topological polar surface area (TPSA) is 44.1 Å². The van der Waals surface area contributed by atoms with E-state index in [4.69, 9.17) is 0 Å². The molecule has 0 atom stereocenters. The van der Waals surface area contributed by atoms with Gasteiger partial charge in [-0.05, 0) is 12.5 Å². The quantitative estimate of drug-likeness (QED) is 0.646. The largest absolute Gasteiger partial charge is 0.469 e. The van der Waals surface area contributed by atoms with Crippen molar-refractivity contribution in [3.8, 4) is 0 Å². The predicted octanol–water partition coefficient (Wildman–Crippen LogP) is 0.698. The highest BCUT2D eigenvalue weighted by Crippen LogP contribution is 2.04. The van der Waals surface area contributed by atoms with E-state index in [0.717, 1.165) is 17.8 Å². The zero-order valence-corrected chi connectivity index (χ0v) is 8.20. The Bertz CT molecular complexity index is 305. The molecule has 1 rings (SSSR count). The molecule has 1 aromatic rings. The second-order valence-electron chi connectivity index (χ2n) is 2.86. The summed E-state index contributed by atoms with van der Waals surface area (Å²) in [5, 5.41) is 4.23. The molecular weight excluding hydrogens is 168 g/mol. The molecular formula is C9H14N2O2. The summed E-state index contributed by atoms with van der Waals surface area (Å²) in [6, 6.07) is 1.93. The van der Waals surface area contributed by atoms with Crippen LogP contribution in [0.1, 0.15) is 18.3 Å². The van der Waals surface area contributed by atoms with Crippen molar-refractivity contribution in [3.63, 3.8) is 0 Å². The molecule has 0 bridgehead atoms. The van der Waals surface area contributed by atoms with Gasteiger partial charge in [-0.2, -0.15) is 5.10 Å². The van der Waals surface area contributed by atoms with Crippen molar-refractivity contribution in [2.45, 2.75) is 19.8 Å². The first-order valence-electron chi connectivity index (χ1n) is 4.26. The summed E-state index contributed by atoms with van der Waals surface area (Å²) >= 11 is 0. The molecule has 0 radical (unpaired) electrons. The van der Waals surface area contributed by atoms with Gasteiger partial charge in [-0.25, -0.2) is 0 Å². The van der Waals surface area contributed by atoms with Gasteiger partial charge < -0.3 is 4.74 Å². The first kappa shape index (κ1) is 9.77. The van der Waals surface area contributed by atoms with Crippen LogP contribution in [0.3, 0.4) is 0 Å². The Morgan fingerprint density at radius 1 is 1.69 bits per heavy atom. The number of ether oxygens (including phenoxy) is 1. The van der Waals surface area contributed by atoms with Crippen molar-refractivity contribution in [1.29, 1.82) is 0 Å². The fourth-order valence-corrected chi connectivity index (χ4v) is 1.13. The van der Waals surface area contributed by atoms with Gasteiger partial charge in [0.1, 0.15) is 0 Å². The molecule has 0 fully saturated rings. The van der Waals surface area contributed by atoms with E-state index in [1.165, 1.54) is 7.11 Å².